The van der Waals surface area contributed by atoms with Gasteiger partial charge in [0, 0.05) is 23.6 Å². The average Bonchev–Trinajstić information content (AvgIpc) is 2.43. The van der Waals surface area contributed by atoms with Crippen molar-refractivity contribution < 1.29 is 4.79 Å². The lowest BCUT2D eigenvalue weighted by Gasteiger charge is -2.37. The Balaban J connectivity index is 2.09. The van der Waals surface area contributed by atoms with Crippen molar-refractivity contribution in [2.75, 3.05) is 11.5 Å². The van der Waals surface area contributed by atoms with E-state index in [-0.39, 0.29) is 5.91 Å². The topological polar surface area (TPSA) is 29.1 Å². The number of carbonyl (C=O) groups excluding carboxylic acids is 1. The number of hydrogen-bond acceptors (Lipinski definition) is 2. The summed E-state index contributed by atoms with van der Waals surface area (Å²) in [6.07, 6.45) is 4.45. The van der Waals surface area contributed by atoms with Crippen LogP contribution in [0.3, 0.4) is 0 Å². The number of thioether (sulfide) groups is 1. The monoisotopic (exact) mass is 227 g/mol. The van der Waals surface area contributed by atoms with Crippen molar-refractivity contribution in [3.63, 3.8) is 0 Å². The zero-order valence-electron chi connectivity index (χ0n) is 9.71. The maximum atomic E-state index is 11.6. The number of nitrogens with one attached hydrogen (secondary N) is 1. The molecule has 15 heavy (non-hydrogen) atoms. The van der Waals surface area contributed by atoms with Gasteiger partial charge >= 0.3 is 0 Å². The quantitative estimate of drug-likeness (QED) is 0.785. The minimum Gasteiger partial charge on any atom is -0.353 e. The van der Waals surface area contributed by atoms with Crippen LogP contribution in [-0.2, 0) is 4.79 Å². The van der Waals surface area contributed by atoms with Crippen LogP contribution in [0.5, 0.6) is 0 Å². The third kappa shape index (κ3) is 2.32. The maximum Gasteiger partial charge on any atom is 0.220 e. The smallest absolute Gasteiger partial charge is 0.220 e. The molecule has 0 aromatic carbocycles. The summed E-state index contributed by atoms with van der Waals surface area (Å²) in [7, 11) is 0. The van der Waals surface area contributed by atoms with Gasteiger partial charge in [-0.3, -0.25) is 4.79 Å². The van der Waals surface area contributed by atoms with Gasteiger partial charge < -0.3 is 5.32 Å². The van der Waals surface area contributed by atoms with Gasteiger partial charge in [-0.1, -0.05) is 13.8 Å². The van der Waals surface area contributed by atoms with Crippen molar-refractivity contribution in [1.29, 1.82) is 0 Å². The maximum absolute atomic E-state index is 11.6. The Morgan fingerprint density at radius 1 is 1.60 bits per heavy atom. The van der Waals surface area contributed by atoms with Crippen LogP contribution in [0.15, 0.2) is 0 Å². The van der Waals surface area contributed by atoms with Crippen molar-refractivity contribution in [2.24, 2.45) is 11.3 Å². The lowest BCUT2D eigenvalue weighted by Crippen LogP contribution is -2.41. The largest absolute Gasteiger partial charge is 0.353 e. The molecule has 3 heteroatoms. The molecule has 1 N–H and O–H groups in total. The fourth-order valence-corrected chi connectivity index (χ4v) is 4.26. The van der Waals surface area contributed by atoms with Gasteiger partial charge in [-0.15, -0.1) is 0 Å². The van der Waals surface area contributed by atoms with E-state index < -0.39 is 0 Å². The predicted octanol–water partition coefficient (Wildman–Crippen LogP) is 2.43. The third-order valence-electron chi connectivity index (χ3n) is 3.65. The van der Waals surface area contributed by atoms with Crippen LogP contribution in [-0.4, -0.2) is 23.5 Å². The average molecular weight is 227 g/mol. The minimum atomic E-state index is 0.281. The van der Waals surface area contributed by atoms with E-state index in [0.29, 0.717) is 17.4 Å². The second kappa shape index (κ2) is 4.36. The lowest BCUT2D eigenvalue weighted by molar-refractivity contribution is -0.119. The molecule has 2 heterocycles. The first-order valence-corrected chi connectivity index (χ1v) is 7.15. The van der Waals surface area contributed by atoms with Crippen molar-refractivity contribution >= 4 is 17.7 Å². The zero-order chi connectivity index (χ0) is 10.9. The molecule has 2 fully saturated rings. The molecule has 2 nitrogen and oxygen atoms in total. The fraction of sp³-hybridized carbons (Fsp3) is 0.917. The van der Waals surface area contributed by atoms with E-state index in [1.807, 2.05) is 11.8 Å². The molecule has 0 aromatic heterocycles. The van der Waals surface area contributed by atoms with E-state index in [0.717, 1.165) is 12.8 Å². The standard InChI is InChI=1S/C12H21NOS/c1-9(2)6-10-12(7-11(14)13-10)4-3-5-15-8-12/h9-10H,3-8H2,1-2H3,(H,13,14). The summed E-state index contributed by atoms with van der Waals surface area (Å²) in [5.41, 5.74) is 0.296. The molecule has 0 aliphatic carbocycles. The highest BCUT2D eigenvalue weighted by Crippen LogP contribution is 2.45. The fourth-order valence-electron chi connectivity index (χ4n) is 2.91. The lowest BCUT2D eigenvalue weighted by atomic mass is 9.75. The van der Waals surface area contributed by atoms with E-state index in [9.17, 15) is 4.79 Å². The van der Waals surface area contributed by atoms with E-state index in [2.05, 4.69) is 19.2 Å². The molecule has 2 aliphatic heterocycles. The first kappa shape index (κ1) is 11.3. The van der Waals surface area contributed by atoms with Gasteiger partial charge in [-0.2, -0.15) is 11.8 Å². The van der Waals surface area contributed by atoms with E-state index in [1.165, 1.54) is 24.3 Å². The minimum absolute atomic E-state index is 0.281. The highest BCUT2D eigenvalue weighted by atomic mass is 32.2. The molecule has 2 rings (SSSR count). The Kier molecular flexibility index (Phi) is 3.29. The molecule has 2 saturated heterocycles. The molecule has 2 atom stereocenters. The Hall–Kier alpha value is -0.180. The van der Waals surface area contributed by atoms with Crippen LogP contribution >= 0.6 is 11.8 Å². The van der Waals surface area contributed by atoms with Crippen molar-refractivity contribution in [3.05, 3.63) is 0 Å². The first-order chi connectivity index (χ1) is 7.12. The molecule has 0 bridgehead atoms. The molecule has 86 valence electrons. The first-order valence-electron chi connectivity index (χ1n) is 5.99. The van der Waals surface area contributed by atoms with Crippen molar-refractivity contribution in [3.8, 4) is 0 Å². The summed E-state index contributed by atoms with van der Waals surface area (Å²) >= 11 is 2.03. The van der Waals surface area contributed by atoms with Crippen LogP contribution in [0, 0.1) is 11.3 Å². The van der Waals surface area contributed by atoms with Crippen LogP contribution in [0.2, 0.25) is 0 Å². The predicted molar refractivity (Wildman–Crippen MR) is 65.0 cm³/mol. The van der Waals surface area contributed by atoms with Crippen molar-refractivity contribution in [1.82, 2.24) is 5.32 Å². The number of amides is 1. The molecule has 0 radical (unpaired) electrons. The van der Waals surface area contributed by atoms with Crippen LogP contribution in [0.4, 0.5) is 0 Å². The molecular formula is C12H21NOS. The van der Waals surface area contributed by atoms with Gasteiger partial charge in [0.15, 0.2) is 0 Å². The van der Waals surface area contributed by atoms with E-state index >= 15 is 0 Å². The second-order valence-electron chi connectivity index (χ2n) is 5.44. The molecule has 1 spiro atoms. The van der Waals surface area contributed by atoms with Gasteiger partial charge in [0.1, 0.15) is 0 Å². The number of carbonyl (C=O) groups is 1. The molecule has 2 aliphatic rings. The summed E-state index contributed by atoms with van der Waals surface area (Å²) in [5.74, 6) is 3.42. The van der Waals surface area contributed by atoms with Gasteiger partial charge in [0.25, 0.3) is 0 Å². The Labute approximate surface area is 96.6 Å². The van der Waals surface area contributed by atoms with Gasteiger partial charge in [0.05, 0.1) is 0 Å². The summed E-state index contributed by atoms with van der Waals surface area (Å²) in [6.45, 7) is 4.49. The van der Waals surface area contributed by atoms with E-state index in [1.54, 1.807) is 0 Å². The summed E-state index contributed by atoms with van der Waals surface area (Å²) < 4.78 is 0. The normalized spacial score (nSPS) is 36.2. The molecular weight excluding hydrogens is 206 g/mol. The summed E-state index contributed by atoms with van der Waals surface area (Å²) in [6, 6.07) is 0.442. The highest BCUT2D eigenvalue weighted by Gasteiger charge is 2.47. The van der Waals surface area contributed by atoms with Crippen LogP contribution in [0.1, 0.15) is 39.5 Å². The molecule has 2 unspecified atom stereocenters. The number of hydrogen-bond donors (Lipinski definition) is 1. The summed E-state index contributed by atoms with van der Waals surface area (Å²) in [4.78, 5) is 11.6. The SMILES string of the molecule is CC(C)CC1NC(=O)CC12CCCSC2. The summed E-state index contributed by atoms with van der Waals surface area (Å²) in [5, 5.41) is 3.19. The van der Waals surface area contributed by atoms with E-state index in [4.69, 9.17) is 0 Å². The second-order valence-corrected chi connectivity index (χ2v) is 6.55. The van der Waals surface area contributed by atoms with Crippen LogP contribution in [0.25, 0.3) is 0 Å². The van der Waals surface area contributed by atoms with Gasteiger partial charge in [-0.05, 0) is 30.9 Å². The Morgan fingerprint density at radius 3 is 3.00 bits per heavy atom. The molecule has 1 amide bonds. The molecule has 0 aromatic rings. The van der Waals surface area contributed by atoms with Crippen LogP contribution < -0.4 is 5.32 Å². The van der Waals surface area contributed by atoms with Crippen molar-refractivity contribution in [2.45, 2.75) is 45.6 Å². The zero-order valence-corrected chi connectivity index (χ0v) is 10.5. The number of rotatable bonds is 2. The highest BCUT2D eigenvalue weighted by molar-refractivity contribution is 7.99. The molecule has 0 saturated carbocycles. The van der Waals surface area contributed by atoms with Gasteiger partial charge in [0.2, 0.25) is 5.91 Å². The Morgan fingerprint density at radius 2 is 2.40 bits per heavy atom. The third-order valence-corrected chi connectivity index (χ3v) is 5.00. The Bertz CT molecular complexity index is 246. The van der Waals surface area contributed by atoms with Gasteiger partial charge in [-0.25, -0.2) is 0 Å².